The first kappa shape index (κ1) is 20.9. The fourth-order valence-corrected chi connectivity index (χ4v) is 4.92. The molecular formula is C20H30N4O3S. The number of rotatable bonds is 5. The molecule has 0 saturated carbocycles. The highest BCUT2D eigenvalue weighted by molar-refractivity contribution is 7.09. The summed E-state index contributed by atoms with van der Waals surface area (Å²) in [6.07, 6.45) is 2.94. The molecule has 8 heteroatoms. The van der Waals surface area contributed by atoms with E-state index in [0.717, 1.165) is 5.01 Å². The van der Waals surface area contributed by atoms with E-state index < -0.39 is 16.6 Å². The summed E-state index contributed by atoms with van der Waals surface area (Å²) in [6.45, 7) is 13.7. The van der Waals surface area contributed by atoms with Crippen molar-refractivity contribution >= 4 is 17.3 Å². The van der Waals surface area contributed by atoms with Crippen molar-refractivity contribution in [2.75, 3.05) is 0 Å². The molecule has 1 fully saturated rings. The summed E-state index contributed by atoms with van der Waals surface area (Å²) in [5.41, 5.74) is -1.97. The lowest BCUT2D eigenvalue weighted by atomic mass is 9.75. The largest absolute Gasteiger partial charge is 0.459 e. The normalized spacial score (nSPS) is 28.1. The first-order chi connectivity index (χ1) is 13.0. The number of nitrogens with one attached hydrogen (secondary N) is 1. The number of ether oxygens (including phenoxy) is 1. The van der Waals surface area contributed by atoms with E-state index in [2.05, 4.69) is 41.2 Å². The molecule has 1 N–H and O–H groups in total. The summed E-state index contributed by atoms with van der Waals surface area (Å²) in [6, 6.07) is -0.212. The van der Waals surface area contributed by atoms with Gasteiger partial charge in [0.25, 0.3) is 0 Å². The van der Waals surface area contributed by atoms with Crippen molar-refractivity contribution in [1.29, 1.82) is 0 Å². The van der Waals surface area contributed by atoms with Crippen molar-refractivity contribution in [2.24, 2.45) is 5.92 Å². The molecule has 0 aliphatic carbocycles. The fraction of sp³-hybridized carbons (Fsp3) is 0.700. The number of nitrogens with zero attached hydrogens (tertiary/aromatic N) is 3. The van der Waals surface area contributed by atoms with Gasteiger partial charge in [0, 0.05) is 18.5 Å². The van der Waals surface area contributed by atoms with Crippen molar-refractivity contribution in [3.63, 3.8) is 0 Å². The molecule has 1 aliphatic heterocycles. The first-order valence-electron chi connectivity index (χ1n) is 9.66. The molecule has 3 rings (SSSR count). The van der Waals surface area contributed by atoms with Crippen LogP contribution < -0.4 is 5.32 Å². The number of aromatic nitrogens is 3. The second kappa shape index (κ2) is 7.22. The molecule has 1 saturated heterocycles. The van der Waals surface area contributed by atoms with Gasteiger partial charge in [0.1, 0.15) is 16.1 Å². The zero-order valence-corrected chi connectivity index (χ0v) is 18.5. The van der Waals surface area contributed by atoms with Gasteiger partial charge in [-0.2, -0.15) is 4.98 Å². The molecule has 1 aliphatic rings. The number of hydrogen-bond donors (Lipinski definition) is 1. The lowest BCUT2D eigenvalue weighted by molar-refractivity contribution is -0.163. The minimum absolute atomic E-state index is 0.212. The summed E-state index contributed by atoms with van der Waals surface area (Å²) in [4.78, 5) is 22.4. The second-order valence-electron chi connectivity index (χ2n) is 9.36. The minimum atomic E-state index is -0.846. The topological polar surface area (TPSA) is 90.1 Å². The highest BCUT2D eigenvalue weighted by Gasteiger charge is 2.60. The van der Waals surface area contributed by atoms with E-state index in [4.69, 9.17) is 9.26 Å². The Morgan fingerprint density at radius 1 is 1.46 bits per heavy atom. The Morgan fingerprint density at radius 3 is 2.68 bits per heavy atom. The Balaban J connectivity index is 2.08. The minimum Gasteiger partial charge on any atom is -0.459 e. The zero-order valence-electron chi connectivity index (χ0n) is 17.7. The molecule has 2 aromatic heterocycles. The number of thiazole rings is 1. The molecule has 154 valence electrons. The van der Waals surface area contributed by atoms with Crippen molar-refractivity contribution in [3.8, 4) is 0 Å². The van der Waals surface area contributed by atoms with Gasteiger partial charge in [-0.25, -0.2) is 4.98 Å². The van der Waals surface area contributed by atoms with E-state index in [-0.39, 0.29) is 12.0 Å². The molecule has 0 amide bonds. The molecule has 0 aromatic carbocycles. The third-order valence-corrected chi connectivity index (χ3v) is 5.85. The molecule has 0 radical (unpaired) electrons. The van der Waals surface area contributed by atoms with E-state index >= 15 is 0 Å². The van der Waals surface area contributed by atoms with Gasteiger partial charge in [0.15, 0.2) is 5.82 Å². The van der Waals surface area contributed by atoms with Crippen LogP contribution >= 0.6 is 11.3 Å². The Morgan fingerprint density at radius 2 is 2.18 bits per heavy atom. The highest BCUT2D eigenvalue weighted by atomic mass is 32.1. The number of carbonyl (C=O) groups excluding carboxylic acids is 1. The average Bonchev–Trinajstić information content (AvgIpc) is 3.25. The maximum absolute atomic E-state index is 13.4. The van der Waals surface area contributed by atoms with Crippen molar-refractivity contribution < 1.29 is 14.1 Å². The monoisotopic (exact) mass is 406 g/mol. The third kappa shape index (κ3) is 3.98. The SMILES string of the molecule is Cc1nc(C2(C)CC(CC(C)C)(C(=O)OC(C)(C)C)NC2c2nccs2)no1. The summed E-state index contributed by atoms with van der Waals surface area (Å²) < 4.78 is 11.1. The summed E-state index contributed by atoms with van der Waals surface area (Å²) in [7, 11) is 0. The van der Waals surface area contributed by atoms with Crippen LogP contribution in [0.4, 0.5) is 0 Å². The molecule has 3 atom stereocenters. The van der Waals surface area contributed by atoms with E-state index in [9.17, 15) is 4.79 Å². The van der Waals surface area contributed by atoms with Crippen LogP contribution in [0.5, 0.6) is 0 Å². The van der Waals surface area contributed by atoms with Gasteiger partial charge >= 0.3 is 5.97 Å². The number of hydrogen-bond acceptors (Lipinski definition) is 8. The Labute approximate surface area is 170 Å². The van der Waals surface area contributed by atoms with Gasteiger partial charge in [-0.3, -0.25) is 10.1 Å². The summed E-state index contributed by atoms with van der Waals surface area (Å²) in [5, 5.41) is 10.7. The maximum atomic E-state index is 13.4. The molecular weight excluding hydrogens is 376 g/mol. The summed E-state index contributed by atoms with van der Waals surface area (Å²) in [5.74, 6) is 1.16. The van der Waals surface area contributed by atoms with E-state index in [1.54, 1.807) is 24.5 Å². The standard InChI is InChI=1S/C20H30N4O3S/c1-12(2)10-20(17(25)26-18(4,5)6)11-19(7,16-22-13(3)27-24-16)14(23-20)15-21-8-9-28-15/h8-9,12,14,23H,10-11H2,1-7H3. The van der Waals surface area contributed by atoms with Crippen LogP contribution in [-0.2, 0) is 14.9 Å². The Bertz CT molecular complexity index is 827. The van der Waals surface area contributed by atoms with Crippen LogP contribution in [0, 0.1) is 12.8 Å². The second-order valence-corrected chi connectivity index (χ2v) is 10.3. The maximum Gasteiger partial charge on any atom is 0.326 e. The van der Waals surface area contributed by atoms with Crippen LogP contribution in [0.1, 0.15) is 77.1 Å². The van der Waals surface area contributed by atoms with Crippen LogP contribution in [0.2, 0.25) is 0 Å². The summed E-state index contributed by atoms with van der Waals surface area (Å²) >= 11 is 1.56. The Hall–Kier alpha value is -1.80. The van der Waals surface area contributed by atoms with E-state index in [1.807, 2.05) is 26.2 Å². The van der Waals surface area contributed by atoms with Crippen molar-refractivity contribution in [3.05, 3.63) is 28.3 Å². The lowest BCUT2D eigenvalue weighted by Gasteiger charge is -2.33. The molecule has 0 bridgehead atoms. The molecule has 28 heavy (non-hydrogen) atoms. The number of aryl methyl sites for hydroxylation is 1. The lowest BCUT2D eigenvalue weighted by Crippen LogP contribution is -2.52. The van der Waals surface area contributed by atoms with Crippen LogP contribution in [0.25, 0.3) is 0 Å². The Kier molecular flexibility index (Phi) is 5.40. The molecule has 7 nitrogen and oxygen atoms in total. The van der Waals surface area contributed by atoms with Gasteiger partial charge in [0.05, 0.1) is 11.5 Å². The van der Waals surface area contributed by atoms with Gasteiger partial charge < -0.3 is 9.26 Å². The van der Waals surface area contributed by atoms with Crippen molar-refractivity contribution in [1.82, 2.24) is 20.4 Å². The van der Waals surface area contributed by atoms with Gasteiger partial charge in [-0.05, 0) is 39.5 Å². The first-order valence-corrected chi connectivity index (χ1v) is 10.5. The third-order valence-electron chi connectivity index (χ3n) is 5.01. The van der Waals surface area contributed by atoms with E-state index in [0.29, 0.717) is 30.5 Å². The van der Waals surface area contributed by atoms with E-state index in [1.165, 1.54) is 0 Å². The highest BCUT2D eigenvalue weighted by Crippen LogP contribution is 2.51. The van der Waals surface area contributed by atoms with Gasteiger partial charge in [-0.15, -0.1) is 11.3 Å². The quantitative estimate of drug-likeness (QED) is 0.752. The van der Waals surface area contributed by atoms with Crippen molar-refractivity contribution in [2.45, 2.75) is 83.9 Å². The van der Waals surface area contributed by atoms with Crippen LogP contribution in [0.15, 0.2) is 16.1 Å². The average molecular weight is 407 g/mol. The number of carbonyl (C=O) groups is 1. The smallest absolute Gasteiger partial charge is 0.326 e. The zero-order chi connectivity index (χ0) is 20.7. The molecule has 0 spiro atoms. The molecule has 3 heterocycles. The molecule has 3 unspecified atom stereocenters. The number of esters is 1. The molecule has 2 aromatic rings. The van der Waals surface area contributed by atoms with Crippen LogP contribution in [0.3, 0.4) is 0 Å². The predicted octanol–water partition coefficient (Wildman–Crippen LogP) is 3.95. The van der Waals surface area contributed by atoms with Gasteiger partial charge in [-0.1, -0.05) is 25.9 Å². The van der Waals surface area contributed by atoms with Crippen LogP contribution in [-0.4, -0.2) is 32.2 Å². The predicted molar refractivity (Wildman–Crippen MR) is 107 cm³/mol. The fourth-order valence-electron chi connectivity index (χ4n) is 4.08. The van der Waals surface area contributed by atoms with Gasteiger partial charge in [0.2, 0.25) is 5.89 Å².